The Labute approximate surface area is 117 Å². The number of rotatable bonds is 1. The van der Waals surface area contributed by atoms with Crippen molar-refractivity contribution in [3.63, 3.8) is 0 Å². The van der Waals surface area contributed by atoms with Crippen LogP contribution in [0.15, 0.2) is 24.3 Å². The molecule has 19 heavy (non-hydrogen) atoms. The summed E-state index contributed by atoms with van der Waals surface area (Å²) in [5.41, 5.74) is 0.385. The van der Waals surface area contributed by atoms with Gasteiger partial charge in [-0.05, 0) is 30.2 Å². The van der Waals surface area contributed by atoms with Crippen molar-refractivity contribution in [3.8, 4) is 11.1 Å². The monoisotopic (exact) mass is 306 g/mol. The van der Waals surface area contributed by atoms with Crippen LogP contribution >= 0.6 is 23.2 Å². The minimum Gasteiger partial charge on any atom is -0.166 e. The second kappa shape index (κ2) is 4.98. The van der Waals surface area contributed by atoms with Crippen molar-refractivity contribution in [1.29, 1.82) is 0 Å². The van der Waals surface area contributed by atoms with E-state index in [1.165, 1.54) is 12.1 Å². The fourth-order valence-corrected chi connectivity index (χ4v) is 2.08. The molecule has 0 spiro atoms. The molecule has 0 aliphatic carbocycles. The van der Waals surface area contributed by atoms with Crippen LogP contribution in [0.4, 0.5) is 13.2 Å². The summed E-state index contributed by atoms with van der Waals surface area (Å²) in [6.45, 7) is 1.62. The van der Waals surface area contributed by atoms with Crippen molar-refractivity contribution in [3.05, 3.63) is 45.7 Å². The summed E-state index contributed by atoms with van der Waals surface area (Å²) in [6, 6.07) is 4.82. The van der Waals surface area contributed by atoms with Gasteiger partial charge in [0.05, 0.1) is 5.56 Å². The normalized spacial score (nSPS) is 11.7. The fraction of sp³-hybridized carbons (Fsp3) is 0.167. The molecular weight excluding hydrogens is 300 g/mol. The molecule has 7 heteroatoms. The molecule has 0 bridgehead atoms. The van der Waals surface area contributed by atoms with Crippen molar-refractivity contribution >= 4 is 23.2 Å². The maximum absolute atomic E-state index is 12.7. The van der Waals surface area contributed by atoms with Crippen molar-refractivity contribution in [2.45, 2.75) is 13.1 Å². The summed E-state index contributed by atoms with van der Waals surface area (Å²) in [5.74, 6) is 0. The fourth-order valence-electron chi connectivity index (χ4n) is 1.66. The van der Waals surface area contributed by atoms with Crippen LogP contribution in [0, 0.1) is 6.92 Å². The lowest BCUT2D eigenvalue weighted by Crippen LogP contribution is -2.05. The number of benzene rings is 1. The predicted molar refractivity (Wildman–Crippen MR) is 67.2 cm³/mol. The van der Waals surface area contributed by atoms with E-state index in [2.05, 4.69) is 10.2 Å². The molecular formula is C12H7Cl2F3N2. The van der Waals surface area contributed by atoms with Crippen LogP contribution < -0.4 is 0 Å². The second-order valence-electron chi connectivity index (χ2n) is 3.86. The summed E-state index contributed by atoms with van der Waals surface area (Å²) >= 11 is 11.7. The highest BCUT2D eigenvalue weighted by atomic mass is 35.5. The summed E-state index contributed by atoms with van der Waals surface area (Å²) in [5, 5.41) is 7.33. The molecule has 0 atom stereocenters. The molecule has 0 aliphatic rings. The zero-order valence-electron chi connectivity index (χ0n) is 9.59. The molecule has 100 valence electrons. The lowest BCUT2D eigenvalue weighted by atomic mass is 10.0. The highest BCUT2D eigenvalue weighted by Crippen LogP contribution is 2.36. The first-order chi connectivity index (χ1) is 8.80. The maximum atomic E-state index is 12.7. The highest BCUT2D eigenvalue weighted by Gasteiger charge is 2.30. The van der Waals surface area contributed by atoms with Crippen LogP contribution in [0.1, 0.15) is 11.1 Å². The van der Waals surface area contributed by atoms with Crippen LogP contribution in [0.5, 0.6) is 0 Å². The van der Waals surface area contributed by atoms with E-state index in [0.717, 1.165) is 12.1 Å². The van der Waals surface area contributed by atoms with Gasteiger partial charge < -0.3 is 0 Å². The van der Waals surface area contributed by atoms with Gasteiger partial charge in [-0.2, -0.15) is 13.2 Å². The number of halogens is 5. The van der Waals surface area contributed by atoms with E-state index in [-0.39, 0.29) is 10.3 Å². The smallest absolute Gasteiger partial charge is 0.166 e. The highest BCUT2D eigenvalue weighted by molar-refractivity contribution is 6.34. The molecule has 1 heterocycles. The minimum absolute atomic E-state index is 0.0150. The lowest BCUT2D eigenvalue weighted by molar-refractivity contribution is -0.137. The van der Waals surface area contributed by atoms with Crippen molar-refractivity contribution in [2.24, 2.45) is 0 Å². The SMILES string of the molecule is Cc1c(Cl)nnc(Cl)c1-c1cccc(C(F)(F)F)c1. The van der Waals surface area contributed by atoms with Gasteiger partial charge in [-0.3, -0.25) is 0 Å². The Morgan fingerprint density at radius 3 is 2.32 bits per heavy atom. The molecule has 2 rings (SSSR count). The first kappa shape index (κ1) is 14.1. The molecule has 0 amide bonds. The Morgan fingerprint density at radius 1 is 1.05 bits per heavy atom. The van der Waals surface area contributed by atoms with E-state index in [4.69, 9.17) is 23.2 Å². The lowest BCUT2D eigenvalue weighted by Gasteiger charge is -2.11. The van der Waals surface area contributed by atoms with Crippen molar-refractivity contribution in [2.75, 3.05) is 0 Å². The molecule has 0 N–H and O–H groups in total. The molecule has 0 unspecified atom stereocenters. The third-order valence-corrected chi connectivity index (χ3v) is 3.22. The molecule has 0 saturated carbocycles. The standard InChI is InChI=1S/C12H7Cl2F3N2/c1-6-9(11(14)19-18-10(6)13)7-3-2-4-8(5-7)12(15,16)17/h2-5H,1H3. The number of hydrogen-bond donors (Lipinski definition) is 0. The Kier molecular flexibility index (Phi) is 3.69. The Hall–Kier alpha value is -1.33. The number of nitrogens with zero attached hydrogens (tertiary/aromatic N) is 2. The van der Waals surface area contributed by atoms with E-state index in [1.54, 1.807) is 6.92 Å². The van der Waals surface area contributed by atoms with Crippen LogP contribution in [0.2, 0.25) is 10.3 Å². The largest absolute Gasteiger partial charge is 0.416 e. The topological polar surface area (TPSA) is 25.8 Å². The molecule has 1 aromatic heterocycles. The zero-order valence-corrected chi connectivity index (χ0v) is 11.1. The van der Waals surface area contributed by atoms with Gasteiger partial charge in [-0.15, -0.1) is 10.2 Å². The van der Waals surface area contributed by atoms with Crippen molar-refractivity contribution < 1.29 is 13.2 Å². The zero-order chi connectivity index (χ0) is 14.2. The minimum atomic E-state index is -4.42. The molecule has 2 aromatic rings. The van der Waals surface area contributed by atoms with Gasteiger partial charge >= 0.3 is 6.18 Å². The van der Waals surface area contributed by atoms with E-state index in [1.807, 2.05) is 0 Å². The molecule has 0 fully saturated rings. The third kappa shape index (κ3) is 2.82. The van der Waals surface area contributed by atoms with Gasteiger partial charge in [0, 0.05) is 5.56 Å². The molecule has 0 aliphatic heterocycles. The number of hydrogen-bond acceptors (Lipinski definition) is 2. The van der Waals surface area contributed by atoms with E-state index in [9.17, 15) is 13.2 Å². The van der Waals surface area contributed by atoms with Crippen LogP contribution in [0.25, 0.3) is 11.1 Å². The summed E-state index contributed by atoms with van der Waals surface area (Å²) < 4.78 is 38.0. The van der Waals surface area contributed by atoms with E-state index < -0.39 is 11.7 Å². The van der Waals surface area contributed by atoms with Gasteiger partial charge in [-0.25, -0.2) is 0 Å². The average molecular weight is 307 g/mol. The Morgan fingerprint density at radius 2 is 1.68 bits per heavy atom. The maximum Gasteiger partial charge on any atom is 0.416 e. The summed E-state index contributed by atoms with van der Waals surface area (Å²) in [7, 11) is 0. The molecule has 0 radical (unpaired) electrons. The number of alkyl halides is 3. The van der Waals surface area contributed by atoms with Crippen LogP contribution in [-0.2, 0) is 6.18 Å². The Bertz CT molecular complexity index is 627. The van der Waals surface area contributed by atoms with Gasteiger partial charge in [0.2, 0.25) is 0 Å². The van der Waals surface area contributed by atoms with E-state index in [0.29, 0.717) is 16.7 Å². The Balaban J connectivity index is 2.64. The van der Waals surface area contributed by atoms with Gasteiger partial charge in [0.1, 0.15) is 0 Å². The van der Waals surface area contributed by atoms with Crippen LogP contribution in [-0.4, -0.2) is 10.2 Å². The summed E-state index contributed by atoms with van der Waals surface area (Å²) in [4.78, 5) is 0. The van der Waals surface area contributed by atoms with Gasteiger partial charge in [-0.1, -0.05) is 35.3 Å². The van der Waals surface area contributed by atoms with Gasteiger partial charge in [0.25, 0.3) is 0 Å². The van der Waals surface area contributed by atoms with E-state index >= 15 is 0 Å². The first-order valence-electron chi connectivity index (χ1n) is 5.16. The predicted octanol–water partition coefficient (Wildman–Crippen LogP) is 4.78. The number of aromatic nitrogens is 2. The third-order valence-electron chi connectivity index (χ3n) is 2.59. The molecule has 1 aromatic carbocycles. The average Bonchev–Trinajstić information content (AvgIpc) is 2.34. The summed E-state index contributed by atoms with van der Waals surface area (Å²) in [6.07, 6.45) is -4.42. The molecule has 2 nitrogen and oxygen atoms in total. The quantitative estimate of drug-likeness (QED) is 0.758. The van der Waals surface area contributed by atoms with Crippen molar-refractivity contribution in [1.82, 2.24) is 10.2 Å². The van der Waals surface area contributed by atoms with Gasteiger partial charge in [0.15, 0.2) is 10.3 Å². The first-order valence-corrected chi connectivity index (χ1v) is 5.92. The second-order valence-corrected chi connectivity index (χ2v) is 4.58. The molecule has 0 saturated heterocycles. The van der Waals surface area contributed by atoms with Crippen LogP contribution in [0.3, 0.4) is 0 Å².